The Labute approximate surface area is 184 Å². The fourth-order valence-corrected chi connectivity index (χ4v) is 2.56. The van der Waals surface area contributed by atoms with E-state index in [1.54, 1.807) is 14.1 Å². The Morgan fingerprint density at radius 1 is 1.00 bits per heavy atom. The number of amides is 1. The SMILES string of the molecule is CN=C(NCCOCc1ccccc1)NCCc1cccc(C(=O)NC)c1.I. The van der Waals surface area contributed by atoms with Crippen molar-refractivity contribution in [3.63, 3.8) is 0 Å². The van der Waals surface area contributed by atoms with Gasteiger partial charge in [0.15, 0.2) is 5.96 Å². The molecule has 0 aliphatic rings. The summed E-state index contributed by atoms with van der Waals surface area (Å²) in [5.74, 6) is 0.665. The van der Waals surface area contributed by atoms with Gasteiger partial charge in [-0.1, -0.05) is 42.5 Å². The third-order valence-corrected chi connectivity index (χ3v) is 4.00. The molecule has 2 rings (SSSR count). The standard InChI is InChI=1S/C21H28N4O2.HI/c1-22-20(26)19-10-6-9-17(15-19)11-12-24-21(23-2)25-13-14-27-16-18-7-4-3-5-8-18;/h3-10,15H,11-14,16H2,1-2H3,(H,22,26)(H2,23,24,25);1H. The van der Waals surface area contributed by atoms with Crippen molar-refractivity contribution in [1.29, 1.82) is 0 Å². The van der Waals surface area contributed by atoms with Gasteiger partial charge in [0.25, 0.3) is 5.91 Å². The van der Waals surface area contributed by atoms with Crippen molar-refractivity contribution in [3.8, 4) is 0 Å². The molecule has 0 heterocycles. The first-order valence-corrected chi connectivity index (χ1v) is 9.10. The Kier molecular flexibility index (Phi) is 11.9. The molecule has 2 aromatic carbocycles. The Balaban J connectivity index is 0.00000392. The zero-order valence-electron chi connectivity index (χ0n) is 16.4. The molecule has 152 valence electrons. The van der Waals surface area contributed by atoms with E-state index in [-0.39, 0.29) is 29.9 Å². The molecule has 1 amide bonds. The summed E-state index contributed by atoms with van der Waals surface area (Å²) in [5, 5.41) is 9.14. The number of aliphatic imine (C=N–C) groups is 1. The van der Waals surface area contributed by atoms with Crippen molar-refractivity contribution in [3.05, 3.63) is 71.3 Å². The number of carbonyl (C=O) groups excluding carboxylic acids is 1. The Morgan fingerprint density at radius 3 is 2.43 bits per heavy atom. The molecular weight excluding hydrogens is 467 g/mol. The molecule has 0 bridgehead atoms. The van der Waals surface area contributed by atoms with E-state index in [2.05, 4.69) is 20.9 Å². The van der Waals surface area contributed by atoms with Gasteiger partial charge in [0.1, 0.15) is 0 Å². The largest absolute Gasteiger partial charge is 0.375 e. The van der Waals surface area contributed by atoms with Crippen LogP contribution in [0, 0.1) is 0 Å². The maximum Gasteiger partial charge on any atom is 0.251 e. The van der Waals surface area contributed by atoms with Crippen LogP contribution in [0.25, 0.3) is 0 Å². The van der Waals surface area contributed by atoms with Crippen LogP contribution in [0.1, 0.15) is 21.5 Å². The first-order chi connectivity index (χ1) is 13.2. The molecule has 6 nitrogen and oxygen atoms in total. The minimum Gasteiger partial charge on any atom is -0.375 e. The number of hydrogen-bond acceptors (Lipinski definition) is 3. The van der Waals surface area contributed by atoms with Gasteiger partial charge >= 0.3 is 0 Å². The molecular formula is C21H29IN4O2. The van der Waals surface area contributed by atoms with Gasteiger partial charge in [0.05, 0.1) is 13.2 Å². The van der Waals surface area contributed by atoms with Crippen molar-refractivity contribution in [2.75, 3.05) is 33.8 Å². The van der Waals surface area contributed by atoms with E-state index in [4.69, 9.17) is 4.74 Å². The average molecular weight is 496 g/mol. The van der Waals surface area contributed by atoms with E-state index >= 15 is 0 Å². The van der Waals surface area contributed by atoms with Gasteiger partial charge in [0.2, 0.25) is 0 Å². The maximum atomic E-state index is 11.7. The molecule has 7 heteroatoms. The number of carbonyl (C=O) groups is 1. The molecule has 28 heavy (non-hydrogen) atoms. The van der Waals surface area contributed by atoms with Gasteiger partial charge in [0, 0.05) is 32.7 Å². The summed E-state index contributed by atoms with van der Waals surface area (Å²) in [6.07, 6.45) is 0.802. The number of guanidine groups is 1. The highest BCUT2D eigenvalue weighted by atomic mass is 127. The van der Waals surface area contributed by atoms with Crippen molar-refractivity contribution in [2.24, 2.45) is 4.99 Å². The minimum atomic E-state index is -0.0715. The molecule has 0 spiro atoms. The van der Waals surface area contributed by atoms with E-state index in [1.165, 1.54) is 5.56 Å². The Hall–Kier alpha value is -2.13. The molecule has 0 unspecified atom stereocenters. The third-order valence-electron chi connectivity index (χ3n) is 4.00. The number of hydrogen-bond donors (Lipinski definition) is 3. The maximum absolute atomic E-state index is 11.7. The number of nitrogens with one attached hydrogen (secondary N) is 3. The summed E-state index contributed by atoms with van der Waals surface area (Å²) in [6.45, 7) is 2.61. The van der Waals surface area contributed by atoms with Crippen LogP contribution in [-0.2, 0) is 17.8 Å². The number of benzene rings is 2. The van der Waals surface area contributed by atoms with Crippen molar-refractivity contribution in [2.45, 2.75) is 13.0 Å². The first-order valence-electron chi connectivity index (χ1n) is 9.10. The molecule has 0 aliphatic heterocycles. The zero-order valence-corrected chi connectivity index (χ0v) is 18.7. The van der Waals surface area contributed by atoms with Crippen LogP contribution in [0.3, 0.4) is 0 Å². The summed E-state index contributed by atoms with van der Waals surface area (Å²) >= 11 is 0. The van der Waals surface area contributed by atoms with Crippen molar-refractivity contribution >= 4 is 35.8 Å². The lowest BCUT2D eigenvalue weighted by Crippen LogP contribution is -2.39. The number of ether oxygens (including phenoxy) is 1. The predicted molar refractivity (Wildman–Crippen MR) is 124 cm³/mol. The second-order valence-corrected chi connectivity index (χ2v) is 5.99. The molecule has 0 saturated heterocycles. The fraction of sp³-hybridized carbons (Fsp3) is 0.333. The molecule has 0 radical (unpaired) electrons. The average Bonchev–Trinajstić information content (AvgIpc) is 2.72. The summed E-state index contributed by atoms with van der Waals surface area (Å²) in [4.78, 5) is 15.9. The lowest BCUT2D eigenvalue weighted by Gasteiger charge is -2.12. The van der Waals surface area contributed by atoms with E-state index < -0.39 is 0 Å². The van der Waals surface area contributed by atoms with E-state index in [0.717, 1.165) is 24.5 Å². The van der Waals surface area contributed by atoms with Crippen LogP contribution in [0.15, 0.2) is 59.6 Å². The van der Waals surface area contributed by atoms with Crippen LogP contribution in [0.5, 0.6) is 0 Å². The van der Waals surface area contributed by atoms with Crippen LogP contribution >= 0.6 is 24.0 Å². The van der Waals surface area contributed by atoms with Crippen LogP contribution < -0.4 is 16.0 Å². The number of nitrogens with zero attached hydrogens (tertiary/aromatic N) is 1. The minimum absolute atomic E-state index is 0. The van der Waals surface area contributed by atoms with Crippen LogP contribution in [-0.4, -0.2) is 45.7 Å². The molecule has 0 fully saturated rings. The molecule has 0 aromatic heterocycles. The van der Waals surface area contributed by atoms with Gasteiger partial charge in [-0.25, -0.2) is 0 Å². The molecule has 0 atom stereocenters. The lowest BCUT2D eigenvalue weighted by atomic mass is 10.1. The molecule has 3 N–H and O–H groups in total. The molecule has 0 aliphatic carbocycles. The Morgan fingerprint density at radius 2 is 1.71 bits per heavy atom. The zero-order chi connectivity index (χ0) is 19.3. The Bertz CT molecular complexity index is 738. The van der Waals surface area contributed by atoms with Crippen molar-refractivity contribution < 1.29 is 9.53 Å². The summed E-state index contributed by atoms with van der Waals surface area (Å²) in [7, 11) is 3.38. The van der Waals surface area contributed by atoms with E-state index in [0.29, 0.717) is 25.3 Å². The second-order valence-electron chi connectivity index (χ2n) is 5.99. The fourth-order valence-electron chi connectivity index (χ4n) is 2.56. The monoisotopic (exact) mass is 496 g/mol. The lowest BCUT2D eigenvalue weighted by molar-refractivity contribution is 0.0963. The predicted octanol–water partition coefficient (Wildman–Crippen LogP) is 2.59. The van der Waals surface area contributed by atoms with E-state index in [1.807, 2.05) is 54.6 Å². The van der Waals surface area contributed by atoms with Gasteiger partial charge in [-0.15, -0.1) is 24.0 Å². The third kappa shape index (κ3) is 8.71. The van der Waals surface area contributed by atoms with Gasteiger partial charge in [-0.3, -0.25) is 9.79 Å². The highest BCUT2D eigenvalue weighted by Gasteiger charge is 2.04. The van der Waals surface area contributed by atoms with Gasteiger partial charge < -0.3 is 20.7 Å². The highest BCUT2D eigenvalue weighted by Crippen LogP contribution is 2.05. The van der Waals surface area contributed by atoms with Crippen LogP contribution in [0.4, 0.5) is 0 Å². The second kappa shape index (κ2) is 14.0. The smallest absolute Gasteiger partial charge is 0.251 e. The summed E-state index contributed by atoms with van der Waals surface area (Å²) in [5.41, 5.74) is 2.94. The summed E-state index contributed by atoms with van der Waals surface area (Å²) < 4.78 is 5.65. The van der Waals surface area contributed by atoms with Gasteiger partial charge in [-0.2, -0.15) is 0 Å². The highest BCUT2D eigenvalue weighted by molar-refractivity contribution is 14.0. The quantitative estimate of drug-likeness (QED) is 0.216. The summed E-state index contributed by atoms with van der Waals surface area (Å²) in [6, 6.07) is 17.7. The first kappa shape index (κ1) is 23.9. The number of halogens is 1. The molecule has 2 aromatic rings. The topological polar surface area (TPSA) is 74.8 Å². The van der Waals surface area contributed by atoms with Crippen LogP contribution in [0.2, 0.25) is 0 Å². The number of rotatable bonds is 9. The van der Waals surface area contributed by atoms with Crippen molar-refractivity contribution in [1.82, 2.24) is 16.0 Å². The van der Waals surface area contributed by atoms with Gasteiger partial charge in [-0.05, 0) is 29.7 Å². The van der Waals surface area contributed by atoms with E-state index in [9.17, 15) is 4.79 Å². The molecule has 0 saturated carbocycles. The normalized spacial score (nSPS) is 10.7.